The van der Waals surface area contributed by atoms with Crippen LogP contribution in [-0.2, 0) is 21.2 Å². The Morgan fingerprint density at radius 3 is 2.31 bits per heavy atom. The van der Waals surface area contributed by atoms with Crippen molar-refractivity contribution in [2.75, 3.05) is 11.0 Å². The van der Waals surface area contributed by atoms with Gasteiger partial charge >= 0.3 is 0 Å². The molecule has 0 spiro atoms. The number of primary amides is 1. The van der Waals surface area contributed by atoms with Crippen LogP contribution < -0.4 is 10.5 Å². The normalized spacial score (nSPS) is 11.2. The smallest absolute Gasteiger partial charge is 0.229 e. The maximum atomic E-state index is 13.2. The predicted molar refractivity (Wildman–Crippen MR) is 113 cm³/mol. The molecule has 1 amide bonds. The van der Waals surface area contributed by atoms with Crippen LogP contribution in [0.2, 0.25) is 0 Å². The number of hydrogen-bond donors (Lipinski definition) is 2. The van der Waals surface area contributed by atoms with Crippen LogP contribution in [0.25, 0.3) is 22.3 Å². The SMILES string of the molecule is CS(=O)(=O)Nc1cccc(-c2ccc(-c3ccc(F)cc3)cc2CCC(N)=O)c1. The first-order valence-electron chi connectivity index (χ1n) is 8.97. The van der Waals surface area contributed by atoms with Crippen LogP contribution in [0.3, 0.4) is 0 Å². The van der Waals surface area contributed by atoms with E-state index < -0.39 is 15.9 Å². The lowest BCUT2D eigenvalue weighted by molar-refractivity contribution is -0.117. The van der Waals surface area contributed by atoms with Gasteiger partial charge in [-0.05, 0) is 58.5 Å². The van der Waals surface area contributed by atoms with E-state index in [9.17, 15) is 17.6 Å². The van der Waals surface area contributed by atoms with Gasteiger partial charge in [-0.15, -0.1) is 0 Å². The molecular formula is C22H21FN2O3S. The number of amides is 1. The van der Waals surface area contributed by atoms with E-state index in [1.165, 1.54) is 12.1 Å². The number of rotatable bonds is 7. The molecule has 0 atom stereocenters. The number of anilines is 1. The van der Waals surface area contributed by atoms with Crippen LogP contribution in [-0.4, -0.2) is 20.6 Å². The third-order valence-corrected chi connectivity index (χ3v) is 5.01. The highest BCUT2D eigenvalue weighted by Gasteiger charge is 2.11. The fourth-order valence-electron chi connectivity index (χ4n) is 3.13. The highest BCUT2D eigenvalue weighted by molar-refractivity contribution is 7.92. The zero-order valence-corrected chi connectivity index (χ0v) is 16.7. The molecule has 0 radical (unpaired) electrons. The van der Waals surface area contributed by atoms with E-state index in [-0.39, 0.29) is 12.2 Å². The lowest BCUT2D eigenvalue weighted by Crippen LogP contribution is -2.11. The largest absolute Gasteiger partial charge is 0.370 e. The Bertz CT molecular complexity index is 1140. The van der Waals surface area contributed by atoms with Gasteiger partial charge < -0.3 is 5.73 Å². The summed E-state index contributed by atoms with van der Waals surface area (Å²) in [5.74, 6) is -0.717. The maximum absolute atomic E-state index is 13.2. The maximum Gasteiger partial charge on any atom is 0.229 e. The first kappa shape index (κ1) is 20.5. The minimum absolute atomic E-state index is 0.182. The summed E-state index contributed by atoms with van der Waals surface area (Å²) >= 11 is 0. The van der Waals surface area contributed by atoms with E-state index in [0.717, 1.165) is 34.1 Å². The van der Waals surface area contributed by atoms with Gasteiger partial charge in [0.05, 0.1) is 6.26 Å². The van der Waals surface area contributed by atoms with Crippen LogP contribution in [0, 0.1) is 5.82 Å². The van der Waals surface area contributed by atoms with Gasteiger partial charge in [0.1, 0.15) is 5.82 Å². The zero-order valence-electron chi connectivity index (χ0n) is 15.9. The molecule has 0 heterocycles. The number of carbonyl (C=O) groups excluding carboxylic acids is 1. The number of hydrogen-bond acceptors (Lipinski definition) is 3. The third-order valence-electron chi connectivity index (χ3n) is 4.40. The van der Waals surface area contributed by atoms with Gasteiger partial charge in [0, 0.05) is 12.1 Å². The van der Waals surface area contributed by atoms with Crippen molar-refractivity contribution in [3.05, 3.63) is 78.1 Å². The summed E-state index contributed by atoms with van der Waals surface area (Å²) < 4.78 is 38.8. The molecule has 0 fully saturated rings. The minimum atomic E-state index is -3.40. The van der Waals surface area contributed by atoms with Gasteiger partial charge in [-0.2, -0.15) is 0 Å². The third kappa shape index (κ3) is 5.65. The Balaban J connectivity index is 2.04. The summed E-state index contributed by atoms with van der Waals surface area (Å²) in [6, 6.07) is 19.0. The van der Waals surface area contributed by atoms with Gasteiger partial charge in [-0.25, -0.2) is 12.8 Å². The Kier molecular flexibility index (Phi) is 5.98. The van der Waals surface area contributed by atoms with Gasteiger partial charge in [-0.1, -0.05) is 42.5 Å². The van der Waals surface area contributed by atoms with Crippen LogP contribution in [0.4, 0.5) is 10.1 Å². The molecule has 0 saturated carbocycles. The molecular weight excluding hydrogens is 391 g/mol. The lowest BCUT2D eigenvalue weighted by atomic mass is 9.92. The first-order chi connectivity index (χ1) is 13.7. The number of aryl methyl sites for hydroxylation is 1. The number of halogens is 1. The second-order valence-corrected chi connectivity index (χ2v) is 8.55. The quantitative estimate of drug-likeness (QED) is 0.616. The van der Waals surface area contributed by atoms with E-state index in [2.05, 4.69) is 4.72 Å². The predicted octanol–water partition coefficient (Wildman–Crippen LogP) is 3.95. The molecule has 150 valence electrons. The minimum Gasteiger partial charge on any atom is -0.370 e. The highest BCUT2D eigenvalue weighted by atomic mass is 32.2. The van der Waals surface area contributed by atoms with Crippen molar-refractivity contribution in [1.29, 1.82) is 0 Å². The fourth-order valence-corrected chi connectivity index (χ4v) is 3.68. The molecule has 0 aliphatic carbocycles. The molecule has 3 rings (SSSR count). The average molecular weight is 412 g/mol. The Labute approximate surface area is 169 Å². The molecule has 0 saturated heterocycles. The molecule has 3 N–H and O–H groups in total. The van der Waals surface area contributed by atoms with Crippen molar-refractivity contribution in [2.24, 2.45) is 5.73 Å². The number of nitrogens with one attached hydrogen (secondary N) is 1. The van der Waals surface area contributed by atoms with E-state index in [1.54, 1.807) is 30.3 Å². The lowest BCUT2D eigenvalue weighted by Gasteiger charge is -2.14. The van der Waals surface area contributed by atoms with Crippen molar-refractivity contribution < 1.29 is 17.6 Å². The fraction of sp³-hybridized carbons (Fsp3) is 0.136. The van der Waals surface area contributed by atoms with Crippen LogP contribution in [0.1, 0.15) is 12.0 Å². The molecule has 29 heavy (non-hydrogen) atoms. The Morgan fingerprint density at radius 2 is 1.66 bits per heavy atom. The molecule has 3 aromatic carbocycles. The average Bonchev–Trinajstić information content (AvgIpc) is 2.65. The molecule has 5 nitrogen and oxygen atoms in total. The molecule has 0 aliphatic rings. The van der Waals surface area contributed by atoms with Gasteiger partial charge in [0.25, 0.3) is 0 Å². The first-order valence-corrected chi connectivity index (χ1v) is 10.9. The second-order valence-electron chi connectivity index (χ2n) is 6.80. The number of nitrogens with two attached hydrogens (primary N) is 1. The summed E-state index contributed by atoms with van der Waals surface area (Å²) in [5, 5.41) is 0. The van der Waals surface area contributed by atoms with Crippen molar-refractivity contribution in [3.8, 4) is 22.3 Å². The summed E-state index contributed by atoms with van der Waals surface area (Å²) in [5.41, 5.74) is 10.1. The molecule has 7 heteroatoms. The van der Waals surface area contributed by atoms with E-state index in [0.29, 0.717) is 12.1 Å². The van der Waals surface area contributed by atoms with Crippen LogP contribution in [0.15, 0.2) is 66.7 Å². The van der Waals surface area contributed by atoms with Gasteiger partial charge in [0.15, 0.2) is 0 Å². The monoisotopic (exact) mass is 412 g/mol. The summed E-state index contributed by atoms with van der Waals surface area (Å²) in [7, 11) is -3.40. The highest BCUT2D eigenvalue weighted by Crippen LogP contribution is 2.31. The summed E-state index contributed by atoms with van der Waals surface area (Å²) in [6.45, 7) is 0. The van der Waals surface area contributed by atoms with Crippen LogP contribution in [0.5, 0.6) is 0 Å². The summed E-state index contributed by atoms with van der Waals surface area (Å²) in [4.78, 5) is 11.3. The number of carbonyl (C=O) groups is 1. The molecule has 0 unspecified atom stereocenters. The number of sulfonamides is 1. The van der Waals surface area contributed by atoms with Gasteiger partial charge in [-0.3, -0.25) is 9.52 Å². The molecule has 0 aromatic heterocycles. The van der Waals surface area contributed by atoms with E-state index >= 15 is 0 Å². The zero-order chi connectivity index (χ0) is 21.0. The van der Waals surface area contributed by atoms with Crippen molar-refractivity contribution >= 4 is 21.6 Å². The van der Waals surface area contributed by atoms with E-state index in [4.69, 9.17) is 5.73 Å². The summed E-state index contributed by atoms with van der Waals surface area (Å²) in [6.07, 6.45) is 1.71. The van der Waals surface area contributed by atoms with Crippen molar-refractivity contribution in [2.45, 2.75) is 12.8 Å². The number of benzene rings is 3. The topological polar surface area (TPSA) is 89.3 Å². The molecule has 0 bridgehead atoms. The second kappa shape index (κ2) is 8.45. The van der Waals surface area contributed by atoms with Crippen molar-refractivity contribution in [1.82, 2.24) is 0 Å². The van der Waals surface area contributed by atoms with Crippen molar-refractivity contribution in [3.63, 3.8) is 0 Å². The molecule has 0 aliphatic heterocycles. The van der Waals surface area contributed by atoms with E-state index in [1.807, 2.05) is 24.3 Å². The van der Waals surface area contributed by atoms with Crippen LogP contribution >= 0.6 is 0 Å². The molecule has 3 aromatic rings. The van der Waals surface area contributed by atoms with Gasteiger partial charge in [0.2, 0.25) is 15.9 Å². The Hall–Kier alpha value is -3.19. The Morgan fingerprint density at radius 1 is 0.966 bits per heavy atom. The standard InChI is InChI=1S/C22H21FN2O3S/c1-29(27,28)25-20-4-2-3-17(14-20)21-11-7-16(13-18(21)8-12-22(24)26)15-5-9-19(23)10-6-15/h2-7,9-11,13-14,25H,8,12H2,1H3,(H2,24,26).